The Morgan fingerprint density at radius 2 is 1.88 bits per heavy atom. The molecule has 7 heteroatoms. The second-order valence-electron chi connectivity index (χ2n) is 6.69. The van der Waals surface area contributed by atoms with Gasteiger partial charge in [0, 0.05) is 0 Å². The number of hydrogen-bond acceptors (Lipinski definition) is 5. The number of aryl methyl sites for hydroxylation is 2. The van der Waals surface area contributed by atoms with E-state index in [0.29, 0.717) is 11.8 Å². The third kappa shape index (κ3) is 3.48. The minimum Gasteiger partial charge on any atom is -0.466 e. The van der Waals surface area contributed by atoms with E-state index >= 15 is 0 Å². The fourth-order valence-electron chi connectivity index (χ4n) is 3.44. The van der Waals surface area contributed by atoms with Crippen LogP contribution >= 0.6 is 11.6 Å². The summed E-state index contributed by atoms with van der Waals surface area (Å²) in [5.74, 6) is 2.85. The van der Waals surface area contributed by atoms with Crippen molar-refractivity contribution in [3.63, 3.8) is 0 Å². The molecule has 4 rings (SSSR count). The van der Waals surface area contributed by atoms with Crippen molar-refractivity contribution in [2.45, 2.75) is 20.4 Å². The molecule has 1 saturated heterocycles. The Balaban J connectivity index is 1.38. The monoisotopic (exact) mass is 373 g/mol. The quantitative estimate of drug-likeness (QED) is 0.761. The topological polar surface area (TPSA) is 59.7 Å². The molecule has 6 nitrogen and oxygen atoms in total. The molecular formula is C19H22ClN4O2+. The van der Waals surface area contributed by atoms with E-state index in [2.05, 4.69) is 21.2 Å². The first kappa shape index (κ1) is 17.1. The number of para-hydroxylation sites is 1. The second-order valence-corrected chi connectivity index (χ2v) is 7.10. The Labute approximate surface area is 157 Å². The summed E-state index contributed by atoms with van der Waals surface area (Å²) in [7, 11) is 0. The van der Waals surface area contributed by atoms with Crippen LogP contribution < -0.4 is 9.80 Å². The van der Waals surface area contributed by atoms with Crippen molar-refractivity contribution in [3.05, 3.63) is 52.8 Å². The molecule has 0 spiro atoms. The summed E-state index contributed by atoms with van der Waals surface area (Å²) in [6, 6.07) is 9.94. The van der Waals surface area contributed by atoms with Gasteiger partial charge in [-0.1, -0.05) is 23.7 Å². The van der Waals surface area contributed by atoms with Crippen LogP contribution in [-0.4, -0.2) is 36.4 Å². The van der Waals surface area contributed by atoms with E-state index in [4.69, 9.17) is 20.4 Å². The SMILES string of the molecule is Cc1cc(-c2nnc(C[NH+]3CCN(c4ccccc4Cl)CC3)o2)c(C)o1. The smallest absolute Gasteiger partial charge is 0.271 e. The molecule has 3 heterocycles. The number of nitrogens with zero attached hydrogens (tertiary/aromatic N) is 3. The van der Waals surface area contributed by atoms with Crippen molar-refractivity contribution in [1.29, 1.82) is 0 Å². The van der Waals surface area contributed by atoms with Crippen LogP contribution in [0.2, 0.25) is 5.02 Å². The number of hydrogen-bond donors (Lipinski definition) is 1. The lowest BCUT2D eigenvalue weighted by Crippen LogP contribution is -3.13. The van der Waals surface area contributed by atoms with Crippen LogP contribution in [0.1, 0.15) is 17.4 Å². The van der Waals surface area contributed by atoms with Crippen molar-refractivity contribution in [1.82, 2.24) is 10.2 Å². The highest BCUT2D eigenvalue weighted by Gasteiger charge is 2.24. The van der Waals surface area contributed by atoms with E-state index in [0.717, 1.165) is 60.5 Å². The van der Waals surface area contributed by atoms with Crippen molar-refractivity contribution < 1.29 is 13.7 Å². The van der Waals surface area contributed by atoms with Crippen LogP contribution in [0.25, 0.3) is 11.5 Å². The Morgan fingerprint density at radius 1 is 1.12 bits per heavy atom. The number of furan rings is 1. The third-order valence-electron chi connectivity index (χ3n) is 4.80. The zero-order valence-corrected chi connectivity index (χ0v) is 15.7. The molecular weight excluding hydrogens is 352 g/mol. The summed E-state index contributed by atoms with van der Waals surface area (Å²) in [5, 5.41) is 9.21. The van der Waals surface area contributed by atoms with Gasteiger partial charge in [-0.2, -0.15) is 0 Å². The van der Waals surface area contributed by atoms with Gasteiger partial charge in [-0.3, -0.25) is 0 Å². The van der Waals surface area contributed by atoms with Crippen LogP contribution in [0.3, 0.4) is 0 Å². The van der Waals surface area contributed by atoms with Crippen molar-refractivity contribution in [3.8, 4) is 11.5 Å². The number of piperazine rings is 1. The molecule has 0 atom stereocenters. The maximum atomic E-state index is 6.31. The number of rotatable bonds is 4. The van der Waals surface area contributed by atoms with Gasteiger partial charge < -0.3 is 18.6 Å². The normalized spacial score (nSPS) is 15.6. The van der Waals surface area contributed by atoms with E-state index < -0.39 is 0 Å². The Morgan fingerprint density at radius 3 is 2.58 bits per heavy atom. The minimum atomic E-state index is 0.531. The molecule has 1 aliphatic rings. The highest BCUT2D eigenvalue weighted by Crippen LogP contribution is 2.26. The number of nitrogens with one attached hydrogen (secondary N) is 1. The molecule has 2 aromatic heterocycles. The van der Waals surface area contributed by atoms with Gasteiger partial charge in [0.25, 0.3) is 11.8 Å². The molecule has 1 fully saturated rings. The summed E-state index contributed by atoms with van der Waals surface area (Å²) in [6.07, 6.45) is 0. The van der Waals surface area contributed by atoms with Crippen LogP contribution in [0.4, 0.5) is 5.69 Å². The van der Waals surface area contributed by atoms with Crippen LogP contribution in [0.5, 0.6) is 0 Å². The van der Waals surface area contributed by atoms with Crippen LogP contribution in [-0.2, 0) is 6.54 Å². The molecule has 0 amide bonds. The second kappa shape index (κ2) is 7.13. The predicted octanol–water partition coefficient (Wildman–Crippen LogP) is 2.50. The van der Waals surface area contributed by atoms with Gasteiger partial charge in [-0.05, 0) is 32.0 Å². The fraction of sp³-hybridized carbons (Fsp3) is 0.368. The number of aromatic nitrogens is 2. The fourth-order valence-corrected chi connectivity index (χ4v) is 3.69. The number of quaternary nitrogens is 1. The standard InChI is InChI=1S/C19H21ClN4O2/c1-13-11-15(14(2)25-13)19-22-21-18(26-19)12-23-7-9-24(10-8-23)17-6-4-3-5-16(17)20/h3-6,11H,7-10,12H2,1-2H3/p+1. The molecule has 3 aromatic rings. The Hall–Kier alpha value is -2.31. The summed E-state index contributed by atoms with van der Waals surface area (Å²) >= 11 is 6.31. The van der Waals surface area contributed by atoms with E-state index in [1.54, 1.807) is 0 Å². The van der Waals surface area contributed by atoms with E-state index in [-0.39, 0.29) is 0 Å². The molecule has 136 valence electrons. The van der Waals surface area contributed by atoms with Gasteiger partial charge in [-0.25, -0.2) is 0 Å². The van der Waals surface area contributed by atoms with E-state index in [1.165, 1.54) is 4.90 Å². The van der Waals surface area contributed by atoms with E-state index in [1.807, 2.05) is 38.1 Å². The number of benzene rings is 1. The summed E-state index contributed by atoms with van der Waals surface area (Å²) in [4.78, 5) is 3.77. The predicted molar refractivity (Wildman–Crippen MR) is 99.5 cm³/mol. The molecule has 0 aliphatic carbocycles. The number of anilines is 1. The van der Waals surface area contributed by atoms with Gasteiger partial charge in [0.15, 0.2) is 6.54 Å². The maximum absolute atomic E-state index is 6.31. The lowest BCUT2D eigenvalue weighted by Gasteiger charge is -2.33. The van der Waals surface area contributed by atoms with Gasteiger partial charge in [-0.15, -0.1) is 10.2 Å². The minimum absolute atomic E-state index is 0.531. The maximum Gasteiger partial charge on any atom is 0.271 e. The van der Waals surface area contributed by atoms with Crippen LogP contribution in [0.15, 0.2) is 39.2 Å². The molecule has 0 bridgehead atoms. The molecule has 0 saturated carbocycles. The van der Waals surface area contributed by atoms with Gasteiger partial charge in [0.2, 0.25) is 0 Å². The first-order valence-electron chi connectivity index (χ1n) is 8.83. The summed E-state index contributed by atoms with van der Waals surface area (Å²) < 4.78 is 11.4. The lowest BCUT2D eigenvalue weighted by molar-refractivity contribution is -0.915. The first-order valence-corrected chi connectivity index (χ1v) is 9.21. The van der Waals surface area contributed by atoms with Crippen LogP contribution in [0, 0.1) is 13.8 Å². The summed E-state index contributed by atoms with van der Waals surface area (Å²) in [6.45, 7) is 8.49. The largest absolute Gasteiger partial charge is 0.466 e. The van der Waals surface area contributed by atoms with Crippen molar-refractivity contribution >= 4 is 17.3 Å². The van der Waals surface area contributed by atoms with Gasteiger partial charge in [0.05, 0.1) is 42.5 Å². The molecule has 26 heavy (non-hydrogen) atoms. The Kier molecular flexibility index (Phi) is 4.70. The van der Waals surface area contributed by atoms with Gasteiger partial charge >= 0.3 is 0 Å². The number of halogens is 1. The van der Waals surface area contributed by atoms with E-state index in [9.17, 15) is 0 Å². The zero-order valence-electron chi connectivity index (χ0n) is 15.0. The molecule has 1 N–H and O–H groups in total. The molecule has 0 unspecified atom stereocenters. The van der Waals surface area contributed by atoms with Crippen molar-refractivity contribution in [2.24, 2.45) is 0 Å². The lowest BCUT2D eigenvalue weighted by atomic mass is 10.2. The molecule has 1 aromatic carbocycles. The third-order valence-corrected chi connectivity index (χ3v) is 5.12. The Bertz CT molecular complexity index is 897. The highest BCUT2D eigenvalue weighted by molar-refractivity contribution is 6.33. The molecule has 0 radical (unpaired) electrons. The molecule has 1 aliphatic heterocycles. The average Bonchev–Trinajstić information content (AvgIpc) is 3.22. The summed E-state index contributed by atoms with van der Waals surface area (Å²) in [5.41, 5.74) is 1.99. The zero-order chi connectivity index (χ0) is 18.1. The first-order chi connectivity index (χ1) is 12.6. The highest BCUT2D eigenvalue weighted by atomic mass is 35.5. The van der Waals surface area contributed by atoms with Gasteiger partial charge in [0.1, 0.15) is 11.5 Å². The average molecular weight is 374 g/mol. The van der Waals surface area contributed by atoms with Crippen molar-refractivity contribution in [2.75, 3.05) is 31.1 Å².